The fraction of sp³-hybridized carbons (Fsp3) is 0.222. The van der Waals surface area contributed by atoms with Crippen LogP contribution in [0.5, 0.6) is 5.75 Å². The molecule has 0 spiro atoms. The lowest BCUT2D eigenvalue weighted by molar-refractivity contribution is -0.119. The highest BCUT2D eigenvalue weighted by Crippen LogP contribution is 2.32. The third kappa shape index (κ3) is 5.95. The van der Waals surface area contributed by atoms with E-state index >= 15 is 0 Å². The molecule has 0 bridgehead atoms. The molecule has 0 aliphatic carbocycles. The van der Waals surface area contributed by atoms with Crippen LogP contribution in [0.4, 0.5) is 5.69 Å². The summed E-state index contributed by atoms with van der Waals surface area (Å²) in [6.07, 6.45) is 0.997. The highest BCUT2D eigenvalue weighted by atomic mass is 79.9. The summed E-state index contributed by atoms with van der Waals surface area (Å²) in [5.41, 5.74) is 3.94. The molecule has 0 radical (unpaired) electrons. The fourth-order valence-electron chi connectivity index (χ4n) is 2.31. The van der Waals surface area contributed by atoms with Crippen molar-refractivity contribution in [3.05, 3.63) is 57.5 Å². The van der Waals surface area contributed by atoms with Crippen LogP contribution in [-0.4, -0.2) is 39.9 Å². The predicted octanol–water partition coefficient (Wildman–Crippen LogP) is 3.42. The number of hydrazone groups is 1. The Bertz CT molecular complexity index is 994. The van der Waals surface area contributed by atoms with Crippen molar-refractivity contribution >= 4 is 54.9 Å². The quantitative estimate of drug-likeness (QED) is 0.478. The summed E-state index contributed by atoms with van der Waals surface area (Å²) in [4.78, 5) is 12.3. The molecule has 0 aliphatic heterocycles. The highest BCUT2D eigenvalue weighted by molar-refractivity contribution is 9.10. The number of benzene rings is 2. The number of carbonyl (C=O) groups is 1. The maximum atomic E-state index is 12.3. The number of hydrogen-bond acceptors (Lipinski definition) is 5. The lowest BCUT2D eigenvalue weighted by Crippen LogP contribution is -2.39. The van der Waals surface area contributed by atoms with Crippen LogP contribution in [0, 0.1) is 0 Å². The van der Waals surface area contributed by atoms with Gasteiger partial charge in [-0.15, -0.1) is 0 Å². The Morgan fingerprint density at radius 2 is 1.89 bits per heavy atom. The summed E-state index contributed by atoms with van der Waals surface area (Å²) < 4.78 is 31.5. The minimum atomic E-state index is -3.78. The van der Waals surface area contributed by atoms with Gasteiger partial charge in [0, 0.05) is 9.50 Å². The van der Waals surface area contributed by atoms with Crippen LogP contribution in [-0.2, 0) is 14.8 Å². The van der Waals surface area contributed by atoms with Gasteiger partial charge in [0.05, 0.1) is 24.8 Å². The van der Waals surface area contributed by atoms with E-state index in [1.54, 1.807) is 13.0 Å². The molecule has 0 saturated heterocycles. The van der Waals surface area contributed by atoms with Gasteiger partial charge in [0.1, 0.15) is 12.3 Å². The van der Waals surface area contributed by atoms with Gasteiger partial charge in [0.2, 0.25) is 10.0 Å². The Balaban J connectivity index is 2.22. The molecule has 0 heterocycles. The minimum Gasteiger partial charge on any atom is -0.495 e. The lowest BCUT2D eigenvalue weighted by atomic mass is 10.1. The molecule has 150 valence electrons. The molecular weight excluding hydrogens is 470 g/mol. The number of hydrogen-bond donors (Lipinski definition) is 1. The Morgan fingerprint density at radius 3 is 2.46 bits per heavy atom. The smallest absolute Gasteiger partial charge is 0.260 e. The van der Waals surface area contributed by atoms with Crippen molar-refractivity contribution in [2.75, 3.05) is 24.2 Å². The summed E-state index contributed by atoms with van der Waals surface area (Å²) in [5, 5.41) is 4.35. The molecule has 28 heavy (non-hydrogen) atoms. The fourth-order valence-corrected chi connectivity index (χ4v) is 3.59. The van der Waals surface area contributed by atoms with Crippen molar-refractivity contribution < 1.29 is 17.9 Å². The van der Waals surface area contributed by atoms with Gasteiger partial charge in [0.25, 0.3) is 5.91 Å². The standard InChI is InChI=1S/C18H19BrClN3O4S/c1-12(13-4-6-14(19)7-5-13)21-22-18(24)11-23(28(3,25)26)16-10-15(20)8-9-17(16)27-2/h4-10H,11H2,1-3H3,(H,22,24)/b21-12-. The summed E-state index contributed by atoms with van der Waals surface area (Å²) in [5.74, 6) is -0.332. The largest absolute Gasteiger partial charge is 0.495 e. The normalized spacial score (nSPS) is 11.8. The Hall–Kier alpha value is -2.10. The number of nitrogens with one attached hydrogen (secondary N) is 1. The average molecular weight is 489 g/mol. The maximum absolute atomic E-state index is 12.3. The van der Waals surface area contributed by atoms with Gasteiger partial charge < -0.3 is 4.74 Å². The van der Waals surface area contributed by atoms with E-state index in [4.69, 9.17) is 16.3 Å². The number of methoxy groups -OCH3 is 1. The molecule has 1 N–H and O–H groups in total. The first-order chi connectivity index (χ1) is 13.1. The summed E-state index contributed by atoms with van der Waals surface area (Å²) in [6, 6.07) is 11.9. The van der Waals surface area contributed by atoms with Crippen LogP contribution in [0.1, 0.15) is 12.5 Å². The molecule has 2 aromatic rings. The molecule has 0 aliphatic rings. The molecule has 1 amide bonds. The number of carbonyl (C=O) groups excluding carboxylic acids is 1. The number of ether oxygens (including phenoxy) is 1. The lowest BCUT2D eigenvalue weighted by Gasteiger charge is -2.23. The summed E-state index contributed by atoms with van der Waals surface area (Å²) >= 11 is 9.33. The molecular formula is C18H19BrClN3O4S. The molecule has 0 atom stereocenters. The van der Waals surface area contributed by atoms with Gasteiger partial charge in [-0.25, -0.2) is 13.8 Å². The van der Waals surface area contributed by atoms with Gasteiger partial charge in [-0.05, 0) is 42.8 Å². The van der Waals surface area contributed by atoms with E-state index in [0.717, 1.165) is 20.6 Å². The number of nitrogens with zero attached hydrogens (tertiary/aromatic N) is 2. The van der Waals surface area contributed by atoms with Crippen molar-refractivity contribution in [3.63, 3.8) is 0 Å². The van der Waals surface area contributed by atoms with Crippen LogP contribution in [0.15, 0.2) is 52.0 Å². The van der Waals surface area contributed by atoms with E-state index in [1.165, 1.54) is 19.2 Å². The summed E-state index contributed by atoms with van der Waals surface area (Å²) in [6.45, 7) is 1.25. The monoisotopic (exact) mass is 487 g/mol. The Labute approximate surface area is 177 Å². The van der Waals surface area contributed by atoms with Crippen LogP contribution in [0.3, 0.4) is 0 Å². The SMILES string of the molecule is COc1ccc(Cl)cc1N(CC(=O)N/N=C(/C)c1ccc(Br)cc1)S(C)(=O)=O. The van der Waals surface area contributed by atoms with Crippen LogP contribution >= 0.6 is 27.5 Å². The van der Waals surface area contributed by atoms with Crippen molar-refractivity contribution in [2.24, 2.45) is 5.10 Å². The van der Waals surface area contributed by atoms with E-state index < -0.39 is 22.5 Å². The van der Waals surface area contributed by atoms with Crippen molar-refractivity contribution in [1.29, 1.82) is 0 Å². The zero-order valence-electron chi connectivity index (χ0n) is 15.4. The second-order valence-electron chi connectivity index (χ2n) is 5.82. The second-order valence-corrected chi connectivity index (χ2v) is 9.08. The van der Waals surface area contributed by atoms with E-state index in [0.29, 0.717) is 10.7 Å². The van der Waals surface area contributed by atoms with Gasteiger partial charge in [-0.3, -0.25) is 9.10 Å². The van der Waals surface area contributed by atoms with Crippen molar-refractivity contribution in [2.45, 2.75) is 6.92 Å². The number of amides is 1. The molecule has 0 unspecified atom stereocenters. The first-order valence-corrected chi connectivity index (χ1v) is 11.0. The first-order valence-electron chi connectivity index (χ1n) is 8.02. The molecule has 7 nitrogen and oxygen atoms in total. The molecule has 10 heteroatoms. The van der Waals surface area contributed by atoms with Crippen LogP contribution in [0.2, 0.25) is 5.02 Å². The highest BCUT2D eigenvalue weighted by Gasteiger charge is 2.24. The van der Waals surface area contributed by atoms with Crippen LogP contribution in [0.25, 0.3) is 0 Å². The zero-order chi connectivity index (χ0) is 20.9. The molecule has 0 saturated carbocycles. The van der Waals surface area contributed by atoms with Crippen molar-refractivity contribution in [3.8, 4) is 5.75 Å². The number of sulfonamides is 1. The third-order valence-electron chi connectivity index (χ3n) is 3.71. The predicted molar refractivity (Wildman–Crippen MR) is 115 cm³/mol. The number of anilines is 1. The second kappa shape index (κ2) is 9.40. The number of halogens is 2. The molecule has 2 aromatic carbocycles. The van der Waals surface area contributed by atoms with Crippen molar-refractivity contribution in [1.82, 2.24) is 5.43 Å². The van der Waals surface area contributed by atoms with Gasteiger partial charge in [0.15, 0.2) is 0 Å². The molecule has 0 aromatic heterocycles. The summed E-state index contributed by atoms with van der Waals surface area (Å²) in [7, 11) is -2.38. The zero-order valence-corrected chi connectivity index (χ0v) is 18.6. The molecule has 2 rings (SSSR count). The van der Waals surface area contributed by atoms with Gasteiger partial charge >= 0.3 is 0 Å². The van der Waals surface area contributed by atoms with Gasteiger partial charge in [-0.1, -0.05) is 39.7 Å². The minimum absolute atomic E-state index is 0.168. The van der Waals surface area contributed by atoms with E-state index in [-0.39, 0.29) is 11.4 Å². The van der Waals surface area contributed by atoms with E-state index in [2.05, 4.69) is 26.5 Å². The molecule has 0 fully saturated rings. The Kier molecular flexibility index (Phi) is 7.45. The van der Waals surface area contributed by atoms with Gasteiger partial charge in [-0.2, -0.15) is 5.10 Å². The Morgan fingerprint density at radius 1 is 1.25 bits per heavy atom. The topological polar surface area (TPSA) is 88.1 Å². The number of rotatable bonds is 7. The third-order valence-corrected chi connectivity index (χ3v) is 5.60. The maximum Gasteiger partial charge on any atom is 0.260 e. The van der Waals surface area contributed by atoms with E-state index in [1.807, 2.05) is 24.3 Å². The van der Waals surface area contributed by atoms with Crippen LogP contribution < -0.4 is 14.5 Å². The average Bonchev–Trinajstić information content (AvgIpc) is 2.63. The van der Waals surface area contributed by atoms with E-state index in [9.17, 15) is 13.2 Å². The first kappa shape index (κ1) is 22.2.